The highest BCUT2D eigenvalue weighted by Crippen LogP contribution is 2.38. The molecular formula is C15H10Cl2N2O2S. The standard InChI is InChI=1S/C15H10Cl2N2O2S/c1-20-10-4-2-3-5-11(10)21-12-13(16)18-15(19-14(12)17)9-6-7-22-8-9/h2-8H,1H3. The quantitative estimate of drug-likeness (QED) is 0.596. The molecule has 0 aliphatic carbocycles. The Labute approximate surface area is 141 Å². The van der Waals surface area contributed by atoms with Crippen molar-refractivity contribution in [2.45, 2.75) is 0 Å². The molecule has 7 heteroatoms. The van der Waals surface area contributed by atoms with Crippen molar-refractivity contribution in [1.82, 2.24) is 9.97 Å². The zero-order chi connectivity index (χ0) is 15.5. The molecule has 0 N–H and O–H groups in total. The first kappa shape index (κ1) is 15.1. The summed E-state index contributed by atoms with van der Waals surface area (Å²) in [5.74, 6) is 1.72. The number of rotatable bonds is 4. The second-order valence-electron chi connectivity index (χ2n) is 4.22. The average Bonchev–Trinajstić information content (AvgIpc) is 3.05. The molecule has 1 aromatic carbocycles. The Morgan fingerprint density at radius 2 is 1.68 bits per heavy atom. The van der Waals surface area contributed by atoms with Crippen LogP contribution < -0.4 is 9.47 Å². The molecule has 0 amide bonds. The molecule has 22 heavy (non-hydrogen) atoms. The lowest BCUT2D eigenvalue weighted by Gasteiger charge is -2.12. The first-order valence-corrected chi connectivity index (χ1v) is 7.95. The van der Waals surface area contributed by atoms with Gasteiger partial charge in [-0.15, -0.1) is 0 Å². The first-order valence-electron chi connectivity index (χ1n) is 6.25. The van der Waals surface area contributed by atoms with E-state index < -0.39 is 0 Å². The van der Waals surface area contributed by atoms with E-state index in [2.05, 4.69) is 9.97 Å². The number of para-hydroxylation sites is 2. The van der Waals surface area contributed by atoms with Crippen LogP contribution >= 0.6 is 34.5 Å². The van der Waals surface area contributed by atoms with E-state index in [0.717, 1.165) is 5.56 Å². The van der Waals surface area contributed by atoms with Crippen LogP contribution in [0.5, 0.6) is 17.2 Å². The molecule has 0 aliphatic rings. The summed E-state index contributed by atoms with van der Waals surface area (Å²) in [5.41, 5.74) is 0.859. The maximum Gasteiger partial charge on any atom is 0.202 e. The number of thiophene rings is 1. The normalized spacial score (nSPS) is 10.5. The lowest BCUT2D eigenvalue weighted by molar-refractivity contribution is 0.378. The Bertz CT molecular complexity index is 771. The van der Waals surface area contributed by atoms with Crippen LogP contribution in [0.3, 0.4) is 0 Å². The van der Waals surface area contributed by atoms with Crippen LogP contribution in [0.4, 0.5) is 0 Å². The lowest BCUT2D eigenvalue weighted by Crippen LogP contribution is -1.96. The summed E-state index contributed by atoms with van der Waals surface area (Å²) in [5, 5.41) is 4.14. The van der Waals surface area contributed by atoms with Crippen LogP contribution in [0.25, 0.3) is 11.4 Å². The van der Waals surface area contributed by atoms with Crippen molar-refractivity contribution >= 4 is 34.5 Å². The predicted molar refractivity (Wildman–Crippen MR) is 88.4 cm³/mol. The van der Waals surface area contributed by atoms with Crippen LogP contribution in [0.15, 0.2) is 41.1 Å². The first-order chi connectivity index (χ1) is 10.7. The zero-order valence-corrected chi connectivity index (χ0v) is 13.7. The summed E-state index contributed by atoms with van der Waals surface area (Å²) < 4.78 is 11.0. The summed E-state index contributed by atoms with van der Waals surface area (Å²) in [7, 11) is 1.56. The number of halogens is 2. The van der Waals surface area contributed by atoms with Gasteiger partial charge in [-0.1, -0.05) is 35.3 Å². The van der Waals surface area contributed by atoms with Gasteiger partial charge in [0.05, 0.1) is 7.11 Å². The molecule has 112 valence electrons. The molecule has 3 rings (SSSR count). The van der Waals surface area contributed by atoms with Crippen molar-refractivity contribution < 1.29 is 9.47 Å². The maximum atomic E-state index is 6.20. The fourth-order valence-electron chi connectivity index (χ4n) is 1.82. The van der Waals surface area contributed by atoms with Gasteiger partial charge in [-0.05, 0) is 23.6 Å². The Hall–Kier alpha value is -1.82. The van der Waals surface area contributed by atoms with Gasteiger partial charge < -0.3 is 9.47 Å². The van der Waals surface area contributed by atoms with E-state index >= 15 is 0 Å². The number of ether oxygens (including phenoxy) is 2. The van der Waals surface area contributed by atoms with Crippen LogP contribution in [0.2, 0.25) is 10.3 Å². The molecule has 2 aromatic heterocycles. The van der Waals surface area contributed by atoms with E-state index in [1.807, 2.05) is 29.0 Å². The fraction of sp³-hybridized carbons (Fsp3) is 0.0667. The smallest absolute Gasteiger partial charge is 0.202 e. The molecule has 0 saturated carbocycles. The Kier molecular flexibility index (Phi) is 4.47. The summed E-state index contributed by atoms with van der Waals surface area (Å²) in [6, 6.07) is 9.08. The van der Waals surface area contributed by atoms with Gasteiger partial charge >= 0.3 is 0 Å². The van der Waals surface area contributed by atoms with Crippen molar-refractivity contribution in [2.75, 3.05) is 7.11 Å². The number of aromatic nitrogens is 2. The van der Waals surface area contributed by atoms with Crippen molar-refractivity contribution in [1.29, 1.82) is 0 Å². The van der Waals surface area contributed by atoms with E-state index in [4.69, 9.17) is 32.7 Å². The number of benzene rings is 1. The van der Waals surface area contributed by atoms with Gasteiger partial charge in [-0.3, -0.25) is 0 Å². The molecule has 2 heterocycles. The average molecular weight is 353 g/mol. The van der Waals surface area contributed by atoms with E-state index in [1.165, 1.54) is 0 Å². The molecule has 0 unspecified atom stereocenters. The lowest BCUT2D eigenvalue weighted by atomic mass is 10.3. The van der Waals surface area contributed by atoms with Gasteiger partial charge in [-0.25, -0.2) is 9.97 Å². The van der Waals surface area contributed by atoms with Crippen LogP contribution in [0.1, 0.15) is 0 Å². The van der Waals surface area contributed by atoms with Crippen molar-refractivity contribution in [3.05, 3.63) is 51.4 Å². The zero-order valence-electron chi connectivity index (χ0n) is 11.4. The van der Waals surface area contributed by atoms with E-state index in [9.17, 15) is 0 Å². The highest BCUT2D eigenvalue weighted by atomic mass is 35.5. The summed E-state index contributed by atoms with van der Waals surface area (Å²) in [6.07, 6.45) is 0. The van der Waals surface area contributed by atoms with Crippen LogP contribution in [-0.2, 0) is 0 Å². The summed E-state index contributed by atoms with van der Waals surface area (Å²) in [6.45, 7) is 0. The summed E-state index contributed by atoms with van der Waals surface area (Å²) >= 11 is 13.9. The second kappa shape index (κ2) is 6.52. The van der Waals surface area contributed by atoms with Crippen molar-refractivity contribution in [3.63, 3.8) is 0 Å². The van der Waals surface area contributed by atoms with Crippen LogP contribution in [-0.4, -0.2) is 17.1 Å². The van der Waals surface area contributed by atoms with E-state index in [1.54, 1.807) is 30.6 Å². The molecule has 0 bridgehead atoms. The molecule has 0 aliphatic heterocycles. The molecule has 3 aromatic rings. The number of hydrogen-bond acceptors (Lipinski definition) is 5. The minimum absolute atomic E-state index is 0.145. The van der Waals surface area contributed by atoms with E-state index in [-0.39, 0.29) is 16.1 Å². The third-order valence-corrected chi connectivity index (χ3v) is 4.04. The molecule has 0 spiro atoms. The molecule has 0 saturated heterocycles. The minimum Gasteiger partial charge on any atom is -0.493 e. The van der Waals surface area contributed by atoms with Gasteiger partial charge in [0.25, 0.3) is 0 Å². The topological polar surface area (TPSA) is 44.2 Å². The number of hydrogen-bond donors (Lipinski definition) is 0. The minimum atomic E-state index is 0.145. The third kappa shape index (κ3) is 3.02. The van der Waals surface area contributed by atoms with Gasteiger partial charge in [0.1, 0.15) is 0 Å². The Balaban J connectivity index is 1.98. The largest absolute Gasteiger partial charge is 0.493 e. The van der Waals surface area contributed by atoms with Gasteiger partial charge in [0, 0.05) is 10.9 Å². The number of methoxy groups -OCH3 is 1. The highest BCUT2D eigenvalue weighted by Gasteiger charge is 2.16. The molecule has 4 nitrogen and oxygen atoms in total. The second-order valence-corrected chi connectivity index (χ2v) is 5.72. The van der Waals surface area contributed by atoms with Gasteiger partial charge in [0.2, 0.25) is 5.75 Å². The predicted octanol–water partition coefficient (Wildman–Crippen LogP) is 5.31. The Morgan fingerprint density at radius 3 is 2.27 bits per heavy atom. The maximum absolute atomic E-state index is 6.20. The van der Waals surface area contributed by atoms with Crippen molar-refractivity contribution in [2.24, 2.45) is 0 Å². The van der Waals surface area contributed by atoms with Gasteiger partial charge in [0.15, 0.2) is 27.6 Å². The highest BCUT2D eigenvalue weighted by molar-refractivity contribution is 7.08. The fourth-order valence-corrected chi connectivity index (χ4v) is 2.91. The van der Waals surface area contributed by atoms with Crippen LogP contribution in [0, 0.1) is 0 Å². The molecular weight excluding hydrogens is 343 g/mol. The monoisotopic (exact) mass is 352 g/mol. The molecule has 0 atom stereocenters. The van der Waals surface area contributed by atoms with Crippen molar-refractivity contribution in [3.8, 4) is 28.6 Å². The Morgan fingerprint density at radius 1 is 1.00 bits per heavy atom. The SMILES string of the molecule is COc1ccccc1Oc1c(Cl)nc(-c2ccsc2)nc1Cl. The number of nitrogens with zero attached hydrogens (tertiary/aromatic N) is 2. The third-order valence-electron chi connectivity index (χ3n) is 2.84. The van der Waals surface area contributed by atoms with Gasteiger partial charge in [-0.2, -0.15) is 11.3 Å². The molecule has 0 fully saturated rings. The molecule has 0 radical (unpaired) electrons. The summed E-state index contributed by atoms with van der Waals surface area (Å²) in [4.78, 5) is 8.48. The van der Waals surface area contributed by atoms with E-state index in [0.29, 0.717) is 17.3 Å².